The van der Waals surface area contributed by atoms with Crippen molar-refractivity contribution in [3.63, 3.8) is 0 Å². The van der Waals surface area contributed by atoms with E-state index in [-0.39, 0.29) is 23.6 Å². The molecule has 0 saturated carbocycles. The largest absolute Gasteiger partial charge is 0.390 e. The van der Waals surface area contributed by atoms with Crippen LogP contribution >= 0.6 is 0 Å². The fraction of sp³-hybridized carbons (Fsp3) is 0.450. The number of halogens is 2. The van der Waals surface area contributed by atoms with Crippen LogP contribution in [-0.4, -0.2) is 52.4 Å². The predicted molar refractivity (Wildman–Crippen MR) is 108 cm³/mol. The highest BCUT2D eigenvalue weighted by atomic mass is 19.1. The monoisotopic (exact) mass is 440 g/mol. The number of nitrogens with two attached hydrogens (primary N) is 1. The molecular weight excluding hydrogens is 414 g/mol. The second-order valence-corrected chi connectivity index (χ2v) is 7.76. The summed E-state index contributed by atoms with van der Waals surface area (Å²) in [4.78, 5) is 36.3. The van der Waals surface area contributed by atoms with E-state index >= 15 is 0 Å². The average molecular weight is 440 g/mol. The molecule has 1 aliphatic carbocycles. The van der Waals surface area contributed by atoms with E-state index in [4.69, 9.17) is 5.73 Å². The molecule has 7 N–H and O–H groups in total. The molecule has 0 saturated heterocycles. The molecule has 170 valence electrons. The smallest absolute Gasteiger partial charge is 0.319 e. The van der Waals surface area contributed by atoms with Crippen molar-refractivity contribution in [2.75, 3.05) is 5.32 Å². The van der Waals surface area contributed by atoms with E-state index in [9.17, 15) is 33.4 Å². The minimum atomic E-state index is -1.44. The Labute approximate surface area is 177 Å². The first-order valence-electron chi connectivity index (χ1n) is 9.67. The quantitative estimate of drug-likeness (QED) is 0.365. The number of carbonyl (C=O) groups is 3. The van der Waals surface area contributed by atoms with Crippen molar-refractivity contribution >= 4 is 23.5 Å². The number of urea groups is 1. The lowest BCUT2D eigenvalue weighted by Crippen LogP contribution is -2.53. The Morgan fingerprint density at radius 3 is 2.48 bits per heavy atom. The number of nitrogens with one attached hydrogen (secondary N) is 3. The molecule has 4 unspecified atom stereocenters. The van der Waals surface area contributed by atoms with Crippen LogP contribution in [0.5, 0.6) is 0 Å². The number of hydrogen-bond acceptors (Lipinski definition) is 5. The predicted octanol–water partition coefficient (Wildman–Crippen LogP) is 0.523. The summed E-state index contributed by atoms with van der Waals surface area (Å²) < 4.78 is 26.7. The molecular formula is C20H26F2N4O5. The highest BCUT2D eigenvalue weighted by Gasteiger charge is 2.34. The SMILES string of the molecule is CC(C)CC(NC(=O)C1=CC(NC(=O)Nc2ccc(F)cc2F)C(O)C(O)C1)C(N)=O. The molecule has 1 aromatic carbocycles. The Kier molecular flexibility index (Phi) is 8.06. The van der Waals surface area contributed by atoms with Crippen LogP contribution in [0.4, 0.5) is 19.3 Å². The molecule has 0 bridgehead atoms. The van der Waals surface area contributed by atoms with Gasteiger partial charge in [-0.05, 0) is 24.5 Å². The van der Waals surface area contributed by atoms with Crippen LogP contribution in [-0.2, 0) is 9.59 Å². The number of rotatable bonds is 7. The van der Waals surface area contributed by atoms with Crippen LogP contribution in [0.3, 0.4) is 0 Å². The van der Waals surface area contributed by atoms with Crippen LogP contribution in [0.2, 0.25) is 0 Å². The second-order valence-electron chi connectivity index (χ2n) is 7.76. The number of primary amides is 1. The molecule has 1 aliphatic rings. The van der Waals surface area contributed by atoms with Gasteiger partial charge in [0.05, 0.1) is 17.8 Å². The third kappa shape index (κ3) is 6.72. The van der Waals surface area contributed by atoms with Crippen molar-refractivity contribution in [1.29, 1.82) is 0 Å². The average Bonchev–Trinajstić information content (AvgIpc) is 2.66. The summed E-state index contributed by atoms with van der Waals surface area (Å²) in [7, 11) is 0. The van der Waals surface area contributed by atoms with Gasteiger partial charge in [-0.15, -0.1) is 0 Å². The molecule has 0 spiro atoms. The number of amides is 4. The summed E-state index contributed by atoms with van der Waals surface area (Å²) in [6.07, 6.45) is -1.49. The molecule has 4 atom stereocenters. The summed E-state index contributed by atoms with van der Waals surface area (Å²) >= 11 is 0. The molecule has 0 radical (unpaired) electrons. The van der Waals surface area contributed by atoms with Gasteiger partial charge in [0.25, 0.3) is 0 Å². The maximum Gasteiger partial charge on any atom is 0.319 e. The van der Waals surface area contributed by atoms with Gasteiger partial charge in [-0.2, -0.15) is 0 Å². The van der Waals surface area contributed by atoms with E-state index in [0.29, 0.717) is 12.5 Å². The first-order chi connectivity index (χ1) is 14.5. The van der Waals surface area contributed by atoms with Crippen LogP contribution in [0.25, 0.3) is 0 Å². The van der Waals surface area contributed by atoms with Crippen LogP contribution < -0.4 is 21.7 Å². The molecule has 11 heteroatoms. The normalized spacial score (nSPS) is 21.8. The zero-order valence-electron chi connectivity index (χ0n) is 17.1. The van der Waals surface area contributed by atoms with E-state index < -0.39 is 53.8 Å². The molecule has 31 heavy (non-hydrogen) atoms. The summed E-state index contributed by atoms with van der Waals surface area (Å²) in [6, 6.07) is -0.506. The fourth-order valence-electron chi connectivity index (χ4n) is 3.13. The van der Waals surface area contributed by atoms with Crippen LogP contribution in [0.1, 0.15) is 26.7 Å². The molecule has 4 amide bonds. The minimum Gasteiger partial charge on any atom is -0.390 e. The highest BCUT2D eigenvalue weighted by Crippen LogP contribution is 2.21. The molecule has 0 aromatic heterocycles. The van der Waals surface area contributed by atoms with Gasteiger partial charge in [0.2, 0.25) is 11.8 Å². The van der Waals surface area contributed by atoms with Gasteiger partial charge < -0.3 is 31.9 Å². The Balaban J connectivity index is 2.11. The zero-order valence-corrected chi connectivity index (χ0v) is 17.1. The van der Waals surface area contributed by atoms with Gasteiger partial charge in [0.1, 0.15) is 23.8 Å². The standard InChI is InChI=1S/C20H26F2N4O5/c1-9(2)5-15(18(23)29)24-19(30)10-6-14(17(28)16(27)7-10)26-20(31)25-13-4-3-11(21)8-12(13)22/h3-4,6,8-9,14-17,27-28H,5,7H2,1-2H3,(H2,23,29)(H,24,30)(H2,25,26,31). The summed E-state index contributed by atoms with van der Waals surface area (Å²) in [6.45, 7) is 3.70. The third-order valence-corrected chi connectivity index (χ3v) is 4.70. The Bertz CT molecular complexity index is 877. The lowest BCUT2D eigenvalue weighted by atomic mass is 9.89. The lowest BCUT2D eigenvalue weighted by Gasteiger charge is -2.31. The first-order valence-corrected chi connectivity index (χ1v) is 9.67. The van der Waals surface area contributed by atoms with Gasteiger partial charge in [0, 0.05) is 18.1 Å². The maximum atomic E-state index is 13.7. The lowest BCUT2D eigenvalue weighted by molar-refractivity contribution is -0.126. The van der Waals surface area contributed by atoms with Crippen molar-refractivity contribution < 1.29 is 33.4 Å². The summed E-state index contributed by atoms with van der Waals surface area (Å²) in [5.74, 6) is -3.13. The number of hydrogen-bond donors (Lipinski definition) is 6. The Morgan fingerprint density at radius 1 is 1.23 bits per heavy atom. The fourth-order valence-corrected chi connectivity index (χ4v) is 3.13. The summed E-state index contributed by atoms with van der Waals surface area (Å²) in [5, 5.41) is 27.2. The highest BCUT2D eigenvalue weighted by molar-refractivity contribution is 5.97. The number of aliphatic hydroxyl groups excluding tert-OH is 2. The van der Waals surface area contributed by atoms with E-state index in [0.717, 1.165) is 12.1 Å². The number of benzene rings is 1. The van der Waals surface area contributed by atoms with E-state index in [1.165, 1.54) is 6.08 Å². The molecule has 0 fully saturated rings. The van der Waals surface area contributed by atoms with Crippen molar-refractivity contribution in [2.24, 2.45) is 11.7 Å². The second kappa shape index (κ2) is 10.3. The molecule has 1 aromatic rings. The van der Waals surface area contributed by atoms with Crippen molar-refractivity contribution in [3.8, 4) is 0 Å². The van der Waals surface area contributed by atoms with Crippen LogP contribution in [0.15, 0.2) is 29.8 Å². The third-order valence-electron chi connectivity index (χ3n) is 4.70. The van der Waals surface area contributed by atoms with Gasteiger partial charge in [-0.25, -0.2) is 13.6 Å². The van der Waals surface area contributed by atoms with Gasteiger partial charge in [-0.1, -0.05) is 19.9 Å². The van der Waals surface area contributed by atoms with Gasteiger partial charge in [-0.3, -0.25) is 9.59 Å². The van der Waals surface area contributed by atoms with Crippen molar-refractivity contribution in [2.45, 2.75) is 51.0 Å². The number of carbonyl (C=O) groups excluding carboxylic acids is 3. The Hall–Kier alpha value is -3.05. The van der Waals surface area contributed by atoms with Crippen molar-refractivity contribution in [3.05, 3.63) is 41.5 Å². The minimum absolute atomic E-state index is 0.0334. The summed E-state index contributed by atoms with van der Waals surface area (Å²) in [5.41, 5.74) is 5.05. The topological polar surface area (TPSA) is 154 Å². The molecule has 0 heterocycles. The molecule has 0 aliphatic heterocycles. The van der Waals surface area contributed by atoms with E-state index in [2.05, 4.69) is 16.0 Å². The first kappa shape index (κ1) is 24.2. The Morgan fingerprint density at radius 2 is 1.90 bits per heavy atom. The van der Waals surface area contributed by atoms with Crippen LogP contribution in [0, 0.1) is 17.6 Å². The van der Waals surface area contributed by atoms with Crippen molar-refractivity contribution in [1.82, 2.24) is 10.6 Å². The maximum absolute atomic E-state index is 13.7. The molecule has 9 nitrogen and oxygen atoms in total. The van der Waals surface area contributed by atoms with Gasteiger partial charge >= 0.3 is 6.03 Å². The van der Waals surface area contributed by atoms with E-state index in [1.54, 1.807) is 0 Å². The van der Waals surface area contributed by atoms with E-state index in [1.807, 2.05) is 13.8 Å². The number of aliphatic hydroxyl groups is 2. The molecule has 2 rings (SSSR count). The number of anilines is 1. The van der Waals surface area contributed by atoms with Gasteiger partial charge in [0.15, 0.2) is 0 Å². The zero-order chi connectivity index (χ0) is 23.3.